The minimum Gasteiger partial charge on any atom is -0.341 e. The molecule has 2 heterocycles. The SMILES string of the molecule is C[Si](C)(C)c1ccc2c(c1)CCN2c1ccc2c(c1)C(c1ccccc1)(c1ccccc1)c1cc(N3CCc4cc([Si](C)(C)C)ccc43)c3ccccc3c1-2. The number of fused-ring (bicyclic) bond motifs is 7. The Kier molecular flexibility index (Phi) is 7.76. The van der Waals surface area contributed by atoms with Gasteiger partial charge in [0.1, 0.15) is 0 Å². The molecule has 0 unspecified atom stereocenters. The van der Waals surface area contributed by atoms with E-state index in [4.69, 9.17) is 0 Å². The predicted molar refractivity (Wildman–Crippen MR) is 242 cm³/mol. The minimum absolute atomic E-state index is 0.504. The molecule has 2 aliphatic heterocycles. The average molecular weight is 747 g/mol. The van der Waals surface area contributed by atoms with E-state index in [2.05, 4.69) is 195 Å². The molecule has 1 aliphatic carbocycles. The van der Waals surface area contributed by atoms with Crippen LogP contribution in [0.2, 0.25) is 39.3 Å². The van der Waals surface area contributed by atoms with Crippen molar-refractivity contribution in [2.24, 2.45) is 0 Å². The van der Waals surface area contributed by atoms with E-state index >= 15 is 0 Å². The summed E-state index contributed by atoms with van der Waals surface area (Å²) in [6.45, 7) is 16.7. The second kappa shape index (κ2) is 12.4. The number of hydrogen-bond acceptors (Lipinski definition) is 2. The number of benzene rings is 7. The number of rotatable bonds is 6. The molecule has 2 nitrogen and oxygen atoms in total. The molecule has 10 rings (SSSR count). The fourth-order valence-corrected chi connectivity index (χ4v) is 12.3. The average Bonchev–Trinajstić information content (AvgIpc) is 3.90. The van der Waals surface area contributed by atoms with Crippen LogP contribution in [0.3, 0.4) is 0 Å². The molecule has 3 aliphatic rings. The number of anilines is 4. The molecule has 0 saturated heterocycles. The Bertz CT molecular complexity index is 2590. The predicted octanol–water partition coefficient (Wildman–Crippen LogP) is 11.7. The Labute approximate surface area is 329 Å². The van der Waals surface area contributed by atoms with E-state index in [1.165, 1.54) is 78.0 Å². The lowest BCUT2D eigenvalue weighted by Crippen LogP contribution is -2.37. The van der Waals surface area contributed by atoms with E-state index in [1.807, 2.05) is 0 Å². The zero-order valence-electron chi connectivity index (χ0n) is 33.1. The lowest BCUT2D eigenvalue weighted by molar-refractivity contribution is 0.768. The van der Waals surface area contributed by atoms with Crippen LogP contribution in [-0.2, 0) is 18.3 Å². The summed E-state index contributed by atoms with van der Waals surface area (Å²) < 4.78 is 0. The summed E-state index contributed by atoms with van der Waals surface area (Å²) in [4.78, 5) is 5.20. The summed E-state index contributed by atoms with van der Waals surface area (Å²) >= 11 is 0. The Hall–Kier alpha value is -5.17. The van der Waals surface area contributed by atoms with Gasteiger partial charge in [-0.15, -0.1) is 0 Å². The Morgan fingerprint density at radius 3 is 1.56 bits per heavy atom. The van der Waals surface area contributed by atoms with Gasteiger partial charge in [0.25, 0.3) is 0 Å². The van der Waals surface area contributed by atoms with Crippen LogP contribution in [-0.4, -0.2) is 29.2 Å². The largest absolute Gasteiger partial charge is 0.341 e. The van der Waals surface area contributed by atoms with Gasteiger partial charge in [-0.2, -0.15) is 0 Å². The van der Waals surface area contributed by atoms with Crippen LogP contribution in [0, 0.1) is 0 Å². The first-order chi connectivity index (χ1) is 26.5. The molecule has 0 bridgehead atoms. The van der Waals surface area contributed by atoms with E-state index < -0.39 is 21.6 Å². The van der Waals surface area contributed by atoms with Gasteiger partial charge in [-0.05, 0) is 93.1 Å². The highest BCUT2D eigenvalue weighted by Gasteiger charge is 2.48. The van der Waals surface area contributed by atoms with Gasteiger partial charge in [0.05, 0.1) is 21.6 Å². The molecule has 0 fully saturated rings. The molecule has 0 N–H and O–H groups in total. The Morgan fingerprint density at radius 2 is 0.982 bits per heavy atom. The molecule has 7 aromatic rings. The van der Waals surface area contributed by atoms with Crippen LogP contribution < -0.4 is 20.2 Å². The molecular formula is C51H50N2Si2. The van der Waals surface area contributed by atoms with E-state index in [9.17, 15) is 0 Å². The van der Waals surface area contributed by atoms with Crippen molar-refractivity contribution in [1.82, 2.24) is 0 Å². The molecule has 0 radical (unpaired) electrons. The zero-order chi connectivity index (χ0) is 37.7. The molecule has 0 aromatic heterocycles. The van der Waals surface area contributed by atoms with Crippen LogP contribution in [0.5, 0.6) is 0 Å². The Morgan fingerprint density at radius 1 is 0.455 bits per heavy atom. The summed E-state index contributed by atoms with van der Waals surface area (Å²) in [5.74, 6) is 0. The fourth-order valence-electron chi connectivity index (χ4n) is 9.96. The third kappa shape index (κ3) is 5.25. The molecule has 0 amide bonds. The number of hydrogen-bond donors (Lipinski definition) is 0. The van der Waals surface area contributed by atoms with E-state index in [-0.39, 0.29) is 0 Å². The van der Waals surface area contributed by atoms with Crippen LogP contribution in [0.15, 0.2) is 146 Å². The van der Waals surface area contributed by atoms with Crippen LogP contribution in [0.4, 0.5) is 22.7 Å². The van der Waals surface area contributed by atoms with Crippen LogP contribution in [0.1, 0.15) is 33.4 Å². The maximum absolute atomic E-state index is 2.62. The second-order valence-electron chi connectivity index (χ2n) is 18.1. The molecule has 272 valence electrons. The van der Waals surface area contributed by atoms with Crippen molar-refractivity contribution in [3.8, 4) is 11.1 Å². The third-order valence-corrected chi connectivity index (χ3v) is 16.9. The summed E-state index contributed by atoms with van der Waals surface area (Å²) in [6.07, 6.45) is 2.15. The molecule has 0 spiro atoms. The molecule has 4 heteroatoms. The van der Waals surface area contributed by atoms with Crippen molar-refractivity contribution in [3.05, 3.63) is 179 Å². The standard InChI is InChI=1S/C51H50N2Si2/c1-54(2,3)40-22-25-47-35(31-40)27-29-52(47)39-21-24-44-45(33-39)51(37-15-9-7-10-16-37,38-17-11-8-12-18-38)46-34-49(42-19-13-14-20-43(42)50(44)46)53-30-28-36-32-41(55(4,5)6)23-26-48(36)53/h7-26,31-34H,27-30H2,1-6H3. The first-order valence-corrected chi connectivity index (χ1v) is 27.2. The van der Waals surface area contributed by atoms with Crippen molar-refractivity contribution < 1.29 is 0 Å². The topological polar surface area (TPSA) is 6.48 Å². The molecule has 0 atom stereocenters. The van der Waals surface area contributed by atoms with Gasteiger partial charge < -0.3 is 9.80 Å². The van der Waals surface area contributed by atoms with E-state index in [1.54, 1.807) is 10.4 Å². The lowest BCUT2D eigenvalue weighted by Gasteiger charge is -2.35. The highest BCUT2D eigenvalue weighted by molar-refractivity contribution is 6.89. The van der Waals surface area contributed by atoms with Gasteiger partial charge in [0.15, 0.2) is 0 Å². The van der Waals surface area contributed by atoms with Gasteiger partial charge in [0, 0.05) is 41.2 Å². The van der Waals surface area contributed by atoms with Gasteiger partial charge in [0.2, 0.25) is 0 Å². The summed E-state index contributed by atoms with van der Waals surface area (Å²) in [6, 6.07) is 56.5. The fraction of sp³-hybridized carbons (Fsp3) is 0.216. The summed E-state index contributed by atoms with van der Waals surface area (Å²) in [7, 11) is -2.84. The maximum Gasteiger partial charge on any atom is 0.0776 e. The van der Waals surface area contributed by atoms with Gasteiger partial charge in [-0.25, -0.2) is 0 Å². The minimum atomic E-state index is -1.43. The maximum atomic E-state index is 2.62. The highest BCUT2D eigenvalue weighted by Crippen LogP contribution is 2.60. The molecule has 55 heavy (non-hydrogen) atoms. The first-order valence-electron chi connectivity index (χ1n) is 20.2. The first kappa shape index (κ1) is 34.3. The normalized spacial score (nSPS) is 15.6. The molecule has 7 aromatic carbocycles. The van der Waals surface area contributed by atoms with Crippen LogP contribution >= 0.6 is 0 Å². The highest BCUT2D eigenvalue weighted by atomic mass is 28.3. The third-order valence-electron chi connectivity index (χ3n) is 12.8. The second-order valence-corrected chi connectivity index (χ2v) is 28.2. The van der Waals surface area contributed by atoms with Crippen molar-refractivity contribution in [2.45, 2.75) is 57.5 Å². The lowest BCUT2D eigenvalue weighted by atomic mass is 9.67. The quantitative estimate of drug-likeness (QED) is 0.156. The van der Waals surface area contributed by atoms with Crippen molar-refractivity contribution in [3.63, 3.8) is 0 Å². The Balaban J connectivity index is 1.23. The van der Waals surface area contributed by atoms with Crippen LogP contribution in [0.25, 0.3) is 21.9 Å². The van der Waals surface area contributed by atoms with Gasteiger partial charge >= 0.3 is 0 Å². The van der Waals surface area contributed by atoms with Gasteiger partial charge in [-0.3, -0.25) is 0 Å². The molecular weight excluding hydrogens is 697 g/mol. The monoisotopic (exact) mass is 746 g/mol. The van der Waals surface area contributed by atoms with Gasteiger partial charge in [-0.1, -0.05) is 165 Å². The zero-order valence-corrected chi connectivity index (χ0v) is 35.1. The summed E-state index contributed by atoms with van der Waals surface area (Å²) in [5.41, 5.74) is 15.8. The van der Waals surface area contributed by atoms with E-state index in [0.29, 0.717) is 0 Å². The van der Waals surface area contributed by atoms with Crippen molar-refractivity contribution in [1.29, 1.82) is 0 Å². The van der Waals surface area contributed by atoms with Crippen molar-refractivity contribution >= 4 is 60.0 Å². The summed E-state index contributed by atoms with van der Waals surface area (Å²) in [5, 5.41) is 5.74. The van der Waals surface area contributed by atoms with Crippen molar-refractivity contribution in [2.75, 3.05) is 22.9 Å². The number of nitrogens with zero attached hydrogens (tertiary/aromatic N) is 2. The van der Waals surface area contributed by atoms with E-state index in [0.717, 1.165) is 25.9 Å². The molecule has 0 saturated carbocycles. The smallest absolute Gasteiger partial charge is 0.0776 e.